The predicted octanol–water partition coefficient (Wildman–Crippen LogP) is 4.15. The average molecular weight is 510 g/mol. The minimum atomic E-state index is -0.348. The Morgan fingerprint density at radius 2 is 1.94 bits per heavy atom. The Morgan fingerprint density at radius 1 is 1.14 bits per heavy atom. The molecular formula is C25H25Cl2N7O. The van der Waals surface area contributed by atoms with Gasteiger partial charge in [-0.05, 0) is 48.9 Å². The van der Waals surface area contributed by atoms with Crippen LogP contribution >= 0.6 is 23.2 Å². The summed E-state index contributed by atoms with van der Waals surface area (Å²) in [6.45, 7) is 2.21. The lowest BCUT2D eigenvalue weighted by molar-refractivity contribution is -0.115. The molecule has 1 aromatic carbocycles. The number of rotatable bonds is 8. The molecule has 0 aliphatic rings. The fraction of sp³-hybridized carbons (Fsp3) is 0.120. The quantitative estimate of drug-likeness (QED) is 0.205. The van der Waals surface area contributed by atoms with Crippen LogP contribution in [0, 0.1) is 6.92 Å². The van der Waals surface area contributed by atoms with E-state index in [-0.39, 0.29) is 17.3 Å². The number of nitrogens with zero attached hydrogens (tertiary/aromatic N) is 3. The van der Waals surface area contributed by atoms with E-state index in [1.165, 1.54) is 13.2 Å². The fourth-order valence-electron chi connectivity index (χ4n) is 3.11. The second-order valence-corrected chi connectivity index (χ2v) is 8.24. The molecule has 0 atom stereocenters. The maximum Gasteiger partial charge on any atom is 0.254 e. The lowest BCUT2D eigenvalue weighted by atomic mass is 10.1. The number of amides is 1. The second kappa shape index (κ2) is 12.0. The number of amidine groups is 1. The molecule has 2 aromatic heterocycles. The molecule has 0 unspecified atom stereocenters. The molecule has 8 nitrogen and oxygen atoms in total. The largest absolute Gasteiger partial charge is 0.404 e. The first-order valence-electron chi connectivity index (χ1n) is 10.6. The van der Waals surface area contributed by atoms with Gasteiger partial charge in [0, 0.05) is 36.8 Å². The number of carbonyl (C=O) groups excluding carboxylic acids is 1. The van der Waals surface area contributed by atoms with E-state index in [9.17, 15) is 4.79 Å². The smallest absolute Gasteiger partial charge is 0.254 e. The molecule has 3 rings (SSSR count). The lowest BCUT2D eigenvalue weighted by Crippen LogP contribution is -2.20. The number of pyridine rings is 2. The van der Waals surface area contributed by atoms with Gasteiger partial charge in [0.1, 0.15) is 11.7 Å². The molecule has 0 aliphatic heterocycles. The van der Waals surface area contributed by atoms with Gasteiger partial charge in [0.05, 0.1) is 33.6 Å². The monoisotopic (exact) mass is 509 g/mol. The Labute approximate surface area is 213 Å². The average Bonchev–Trinajstić information content (AvgIpc) is 2.85. The molecule has 10 heteroatoms. The highest BCUT2D eigenvalue weighted by Gasteiger charge is 2.14. The number of aliphatic imine (C=N–C) groups is 1. The second-order valence-electron chi connectivity index (χ2n) is 7.43. The van der Waals surface area contributed by atoms with Gasteiger partial charge in [-0.2, -0.15) is 0 Å². The zero-order valence-corrected chi connectivity index (χ0v) is 20.7. The minimum absolute atomic E-state index is 0.239. The van der Waals surface area contributed by atoms with Crippen molar-refractivity contribution in [2.75, 3.05) is 12.4 Å². The van der Waals surface area contributed by atoms with Gasteiger partial charge in [-0.1, -0.05) is 35.3 Å². The molecule has 0 saturated carbocycles. The minimum Gasteiger partial charge on any atom is -0.404 e. The summed E-state index contributed by atoms with van der Waals surface area (Å²) in [5.74, 6) is 0.539. The Hall–Kier alpha value is -3.88. The lowest BCUT2D eigenvalue weighted by Gasteiger charge is -2.13. The van der Waals surface area contributed by atoms with Crippen LogP contribution in [-0.4, -0.2) is 28.8 Å². The first-order valence-corrected chi connectivity index (χ1v) is 11.3. The van der Waals surface area contributed by atoms with Crippen LogP contribution in [0.25, 0.3) is 11.3 Å². The number of nitrogens with two attached hydrogens (primary N) is 2. The first-order chi connectivity index (χ1) is 16.8. The number of aryl methyl sites for hydroxylation is 1. The first kappa shape index (κ1) is 25.7. The van der Waals surface area contributed by atoms with E-state index in [4.69, 9.17) is 34.7 Å². The summed E-state index contributed by atoms with van der Waals surface area (Å²) < 4.78 is 0. The van der Waals surface area contributed by atoms with E-state index in [0.717, 1.165) is 11.3 Å². The van der Waals surface area contributed by atoms with Gasteiger partial charge in [-0.15, -0.1) is 0 Å². The van der Waals surface area contributed by atoms with Crippen LogP contribution in [0.1, 0.15) is 22.5 Å². The zero-order valence-electron chi connectivity index (χ0n) is 19.2. The molecule has 0 fully saturated rings. The van der Waals surface area contributed by atoms with Crippen molar-refractivity contribution in [1.82, 2.24) is 15.3 Å². The third kappa shape index (κ3) is 7.05. The molecule has 1 amide bonds. The Morgan fingerprint density at radius 3 is 2.63 bits per heavy atom. The van der Waals surface area contributed by atoms with Gasteiger partial charge in [0.15, 0.2) is 0 Å². The van der Waals surface area contributed by atoms with Gasteiger partial charge in [-0.3, -0.25) is 14.8 Å². The van der Waals surface area contributed by atoms with E-state index in [1.807, 2.05) is 31.2 Å². The van der Waals surface area contributed by atoms with Gasteiger partial charge in [-0.25, -0.2) is 4.98 Å². The van der Waals surface area contributed by atoms with E-state index in [0.29, 0.717) is 39.4 Å². The van der Waals surface area contributed by atoms with E-state index < -0.39 is 0 Å². The van der Waals surface area contributed by atoms with E-state index in [2.05, 4.69) is 25.6 Å². The van der Waals surface area contributed by atoms with Crippen LogP contribution in [0.2, 0.25) is 10.0 Å². The summed E-state index contributed by atoms with van der Waals surface area (Å²) in [7, 11) is 1.52. The van der Waals surface area contributed by atoms with Gasteiger partial charge in [0.25, 0.3) is 5.91 Å². The molecule has 6 N–H and O–H groups in total. The fourth-order valence-corrected chi connectivity index (χ4v) is 3.43. The molecule has 35 heavy (non-hydrogen) atoms. The van der Waals surface area contributed by atoms with E-state index >= 15 is 0 Å². The highest BCUT2D eigenvalue weighted by atomic mass is 35.5. The van der Waals surface area contributed by atoms with Crippen molar-refractivity contribution in [3.63, 3.8) is 0 Å². The number of likely N-dealkylation sites (N-methyl/N-ethyl adjacent to an activating group) is 1. The van der Waals surface area contributed by atoms with Crippen molar-refractivity contribution in [1.29, 1.82) is 0 Å². The SMILES string of the molecule is CNC(=O)C(=CN)c1cc(/C(=C/C(N)=NCc2ccc(Cl)c(Cl)c2)Nc2cccc(C)n2)ccn1. The maximum absolute atomic E-state index is 12.2. The van der Waals surface area contributed by atoms with Crippen molar-refractivity contribution >= 4 is 52.0 Å². The number of aromatic nitrogens is 2. The van der Waals surface area contributed by atoms with Gasteiger partial charge < -0.3 is 22.1 Å². The Bertz CT molecular complexity index is 1320. The van der Waals surface area contributed by atoms with Crippen LogP contribution in [0.15, 0.2) is 72.0 Å². The highest BCUT2D eigenvalue weighted by molar-refractivity contribution is 6.42. The standard InChI is InChI=1S/C25H25Cl2N7O/c1-15-4-3-5-24(33-15)34-21(12-23(29)32-14-16-6-7-19(26)20(27)10-16)17-8-9-31-22(11-17)18(13-28)25(35)30-2/h3-13H,14,28H2,1-2H3,(H2,29,32)(H,30,35)(H,33,34)/b18-13?,21-12-. The molecule has 3 aromatic rings. The summed E-state index contributed by atoms with van der Waals surface area (Å²) in [5.41, 5.74) is 15.6. The summed E-state index contributed by atoms with van der Waals surface area (Å²) in [6.07, 6.45) is 4.49. The Kier molecular flexibility index (Phi) is 8.83. The van der Waals surface area contributed by atoms with Crippen molar-refractivity contribution in [2.24, 2.45) is 16.5 Å². The number of benzene rings is 1. The molecular weight excluding hydrogens is 485 g/mol. The number of anilines is 1. The number of halogens is 2. The molecule has 0 aliphatic carbocycles. The van der Waals surface area contributed by atoms with E-state index in [1.54, 1.807) is 36.5 Å². The third-order valence-corrected chi connectivity index (χ3v) is 5.60. The maximum atomic E-state index is 12.2. The van der Waals surface area contributed by atoms with Gasteiger partial charge in [0.2, 0.25) is 0 Å². The number of carbonyl (C=O) groups is 1. The molecule has 0 spiro atoms. The summed E-state index contributed by atoms with van der Waals surface area (Å²) in [6, 6.07) is 14.4. The molecule has 0 saturated heterocycles. The number of hydrogen-bond acceptors (Lipinski definition) is 6. The van der Waals surface area contributed by atoms with Crippen LogP contribution in [-0.2, 0) is 11.3 Å². The molecule has 0 bridgehead atoms. The topological polar surface area (TPSA) is 131 Å². The zero-order chi connectivity index (χ0) is 25.4. The van der Waals surface area contributed by atoms with Crippen LogP contribution < -0.4 is 22.1 Å². The van der Waals surface area contributed by atoms with Crippen LogP contribution in [0.4, 0.5) is 5.82 Å². The molecule has 180 valence electrons. The van der Waals surface area contributed by atoms with Crippen molar-refractivity contribution < 1.29 is 4.79 Å². The summed E-state index contributed by atoms with van der Waals surface area (Å²) >= 11 is 12.1. The van der Waals surface area contributed by atoms with Crippen molar-refractivity contribution in [3.05, 3.63) is 99.6 Å². The highest BCUT2D eigenvalue weighted by Crippen LogP contribution is 2.23. The summed E-state index contributed by atoms with van der Waals surface area (Å²) in [4.78, 5) is 25.4. The normalized spacial score (nSPS) is 12.4. The predicted molar refractivity (Wildman–Crippen MR) is 143 cm³/mol. The third-order valence-electron chi connectivity index (χ3n) is 4.86. The number of hydrogen-bond donors (Lipinski definition) is 4. The number of nitrogens with one attached hydrogen (secondary N) is 2. The molecule has 2 heterocycles. The van der Waals surface area contributed by atoms with Crippen molar-refractivity contribution in [2.45, 2.75) is 13.5 Å². The Balaban J connectivity index is 1.99. The molecule has 0 radical (unpaired) electrons. The van der Waals surface area contributed by atoms with Crippen LogP contribution in [0.3, 0.4) is 0 Å². The van der Waals surface area contributed by atoms with Gasteiger partial charge >= 0.3 is 0 Å². The van der Waals surface area contributed by atoms with Crippen LogP contribution in [0.5, 0.6) is 0 Å². The van der Waals surface area contributed by atoms with Crippen molar-refractivity contribution in [3.8, 4) is 0 Å². The summed E-state index contributed by atoms with van der Waals surface area (Å²) in [5, 5.41) is 6.76.